The minimum atomic E-state index is 0.796. The van der Waals surface area contributed by atoms with Crippen LogP contribution in [0.3, 0.4) is 0 Å². The van der Waals surface area contributed by atoms with Crippen molar-refractivity contribution in [3.05, 3.63) is 17.6 Å². The number of aromatic nitrogens is 2. The standard InChI is InChI=1S/C16H24N4/c1-2-4-15-14(3-1)16(19-11-18-15)17-9-12-7-8-20(10-12)13-5-6-13/h11-13H,1-10H2,(H,17,18,19). The van der Waals surface area contributed by atoms with Crippen molar-refractivity contribution in [2.75, 3.05) is 25.0 Å². The van der Waals surface area contributed by atoms with E-state index in [-0.39, 0.29) is 0 Å². The van der Waals surface area contributed by atoms with Gasteiger partial charge in [-0.3, -0.25) is 0 Å². The zero-order chi connectivity index (χ0) is 13.4. The molecule has 4 nitrogen and oxygen atoms in total. The third-order valence-electron chi connectivity index (χ3n) is 5.06. The lowest BCUT2D eigenvalue weighted by Crippen LogP contribution is -2.25. The minimum Gasteiger partial charge on any atom is -0.369 e. The first-order chi connectivity index (χ1) is 9.90. The largest absolute Gasteiger partial charge is 0.369 e. The Morgan fingerprint density at radius 1 is 1.15 bits per heavy atom. The molecule has 4 rings (SSSR count). The number of nitrogens with zero attached hydrogens (tertiary/aromatic N) is 3. The summed E-state index contributed by atoms with van der Waals surface area (Å²) in [6.07, 6.45) is 10.8. The van der Waals surface area contributed by atoms with Gasteiger partial charge in [0.25, 0.3) is 0 Å². The Kier molecular flexibility index (Phi) is 3.34. The van der Waals surface area contributed by atoms with Crippen molar-refractivity contribution in [2.45, 2.75) is 51.0 Å². The molecule has 1 saturated heterocycles. The van der Waals surface area contributed by atoms with Gasteiger partial charge in [-0.25, -0.2) is 9.97 Å². The normalized spacial score (nSPS) is 26.5. The number of nitrogens with one attached hydrogen (secondary N) is 1. The fraction of sp³-hybridized carbons (Fsp3) is 0.750. The van der Waals surface area contributed by atoms with Crippen LogP contribution in [0, 0.1) is 5.92 Å². The predicted octanol–water partition coefficient (Wildman–Crippen LogP) is 2.25. The van der Waals surface area contributed by atoms with Gasteiger partial charge in [-0.05, 0) is 57.4 Å². The van der Waals surface area contributed by atoms with Gasteiger partial charge in [-0.15, -0.1) is 0 Å². The first-order valence-corrected chi connectivity index (χ1v) is 8.21. The second-order valence-corrected chi connectivity index (χ2v) is 6.62. The van der Waals surface area contributed by atoms with E-state index >= 15 is 0 Å². The van der Waals surface area contributed by atoms with Gasteiger partial charge in [0.05, 0.1) is 0 Å². The molecule has 108 valence electrons. The predicted molar refractivity (Wildman–Crippen MR) is 79.9 cm³/mol. The molecular formula is C16H24N4. The zero-order valence-electron chi connectivity index (χ0n) is 12.1. The first kappa shape index (κ1) is 12.6. The Balaban J connectivity index is 1.37. The maximum absolute atomic E-state index is 4.48. The van der Waals surface area contributed by atoms with Crippen LogP contribution in [-0.2, 0) is 12.8 Å². The second-order valence-electron chi connectivity index (χ2n) is 6.62. The third kappa shape index (κ3) is 2.53. The van der Waals surface area contributed by atoms with E-state index in [1.165, 1.54) is 56.5 Å². The van der Waals surface area contributed by atoms with Crippen molar-refractivity contribution in [3.8, 4) is 0 Å². The number of rotatable bonds is 4. The average molecular weight is 272 g/mol. The number of hydrogen-bond acceptors (Lipinski definition) is 4. The van der Waals surface area contributed by atoms with Gasteiger partial charge in [0.1, 0.15) is 12.1 Å². The van der Waals surface area contributed by atoms with E-state index in [0.29, 0.717) is 0 Å². The fourth-order valence-electron chi connectivity index (χ4n) is 3.72. The summed E-state index contributed by atoms with van der Waals surface area (Å²) < 4.78 is 0. The van der Waals surface area contributed by atoms with E-state index in [2.05, 4.69) is 20.2 Å². The molecule has 3 aliphatic rings. The van der Waals surface area contributed by atoms with Crippen molar-refractivity contribution >= 4 is 5.82 Å². The average Bonchev–Trinajstić information content (AvgIpc) is 3.24. The van der Waals surface area contributed by atoms with Crippen molar-refractivity contribution in [1.29, 1.82) is 0 Å². The van der Waals surface area contributed by atoms with Crippen molar-refractivity contribution in [1.82, 2.24) is 14.9 Å². The Morgan fingerprint density at radius 3 is 2.95 bits per heavy atom. The van der Waals surface area contributed by atoms with Crippen LogP contribution in [0.1, 0.15) is 43.4 Å². The zero-order valence-corrected chi connectivity index (χ0v) is 12.1. The molecule has 1 saturated carbocycles. The van der Waals surface area contributed by atoms with Crippen LogP contribution < -0.4 is 5.32 Å². The van der Waals surface area contributed by atoms with Crippen molar-refractivity contribution in [2.24, 2.45) is 5.92 Å². The molecule has 4 heteroatoms. The van der Waals surface area contributed by atoms with Crippen LogP contribution in [0.25, 0.3) is 0 Å². The molecule has 2 aliphatic carbocycles. The van der Waals surface area contributed by atoms with Crippen LogP contribution >= 0.6 is 0 Å². The Bertz CT molecular complexity index is 483. The summed E-state index contributed by atoms with van der Waals surface area (Å²) in [5.41, 5.74) is 2.66. The molecule has 1 aliphatic heterocycles. The quantitative estimate of drug-likeness (QED) is 0.913. The second kappa shape index (κ2) is 5.32. The summed E-state index contributed by atoms with van der Waals surface area (Å²) in [5, 5.41) is 3.62. The van der Waals surface area contributed by atoms with Crippen LogP contribution in [0.2, 0.25) is 0 Å². The number of hydrogen-bond donors (Lipinski definition) is 1. The maximum Gasteiger partial charge on any atom is 0.132 e. The van der Waals surface area contributed by atoms with Gasteiger partial charge in [0, 0.05) is 30.4 Å². The minimum absolute atomic E-state index is 0.796. The fourth-order valence-corrected chi connectivity index (χ4v) is 3.72. The van der Waals surface area contributed by atoms with E-state index in [0.717, 1.165) is 37.2 Å². The third-order valence-corrected chi connectivity index (χ3v) is 5.06. The molecule has 1 aromatic heterocycles. The van der Waals surface area contributed by atoms with Crippen molar-refractivity contribution in [3.63, 3.8) is 0 Å². The molecule has 2 fully saturated rings. The molecule has 0 bridgehead atoms. The summed E-state index contributed by atoms with van der Waals surface area (Å²) in [6.45, 7) is 3.66. The Morgan fingerprint density at radius 2 is 2.05 bits per heavy atom. The van der Waals surface area contributed by atoms with Gasteiger partial charge < -0.3 is 10.2 Å². The molecule has 1 unspecified atom stereocenters. The molecule has 1 aromatic rings. The van der Waals surface area contributed by atoms with E-state index in [4.69, 9.17) is 0 Å². The number of likely N-dealkylation sites (tertiary alicyclic amines) is 1. The van der Waals surface area contributed by atoms with Crippen LogP contribution in [-0.4, -0.2) is 40.5 Å². The lowest BCUT2D eigenvalue weighted by atomic mass is 9.96. The van der Waals surface area contributed by atoms with Gasteiger partial charge in [0.2, 0.25) is 0 Å². The summed E-state index contributed by atoms with van der Waals surface area (Å²) in [4.78, 5) is 11.6. The molecule has 0 radical (unpaired) electrons. The lowest BCUT2D eigenvalue weighted by molar-refractivity contribution is 0.316. The molecule has 0 amide bonds. The number of anilines is 1. The topological polar surface area (TPSA) is 41.1 Å². The smallest absolute Gasteiger partial charge is 0.132 e. The molecule has 20 heavy (non-hydrogen) atoms. The number of fused-ring (bicyclic) bond motifs is 1. The van der Waals surface area contributed by atoms with Crippen LogP contribution in [0.4, 0.5) is 5.82 Å². The summed E-state index contributed by atoms with van der Waals surface area (Å²) in [5.74, 6) is 1.91. The molecule has 1 atom stereocenters. The highest BCUT2D eigenvalue weighted by molar-refractivity contribution is 5.47. The van der Waals surface area contributed by atoms with E-state index in [9.17, 15) is 0 Å². The molecule has 2 heterocycles. The molecular weight excluding hydrogens is 248 g/mol. The summed E-state index contributed by atoms with van der Waals surface area (Å²) in [6, 6.07) is 0.923. The first-order valence-electron chi connectivity index (χ1n) is 8.21. The Labute approximate surface area is 121 Å². The molecule has 0 spiro atoms. The monoisotopic (exact) mass is 272 g/mol. The van der Waals surface area contributed by atoms with E-state index in [1.807, 2.05) is 0 Å². The van der Waals surface area contributed by atoms with Gasteiger partial charge in [0.15, 0.2) is 0 Å². The van der Waals surface area contributed by atoms with E-state index < -0.39 is 0 Å². The van der Waals surface area contributed by atoms with Gasteiger partial charge in [-0.1, -0.05) is 0 Å². The van der Waals surface area contributed by atoms with Gasteiger partial charge >= 0.3 is 0 Å². The number of aryl methyl sites for hydroxylation is 1. The van der Waals surface area contributed by atoms with Gasteiger partial charge in [-0.2, -0.15) is 0 Å². The molecule has 0 aromatic carbocycles. The highest BCUT2D eigenvalue weighted by Crippen LogP contribution is 2.32. The maximum atomic E-state index is 4.48. The lowest BCUT2D eigenvalue weighted by Gasteiger charge is -2.19. The van der Waals surface area contributed by atoms with E-state index in [1.54, 1.807) is 6.33 Å². The SMILES string of the molecule is c1nc2c(c(NCC3CCN(C4CC4)C3)n1)CCCC2. The van der Waals surface area contributed by atoms with Crippen LogP contribution in [0.15, 0.2) is 6.33 Å². The van der Waals surface area contributed by atoms with Crippen LogP contribution in [0.5, 0.6) is 0 Å². The van der Waals surface area contributed by atoms with Crippen molar-refractivity contribution < 1.29 is 0 Å². The highest BCUT2D eigenvalue weighted by atomic mass is 15.2. The summed E-state index contributed by atoms with van der Waals surface area (Å²) >= 11 is 0. The summed E-state index contributed by atoms with van der Waals surface area (Å²) in [7, 11) is 0. The highest BCUT2D eigenvalue weighted by Gasteiger charge is 2.34. The Hall–Kier alpha value is -1.16. The molecule has 1 N–H and O–H groups in total.